The zero-order valence-corrected chi connectivity index (χ0v) is 20.6. The fraction of sp³-hybridized carbons (Fsp3) is 0. The molecule has 0 aliphatic rings. The largest absolute Gasteiger partial charge is 0.276 e. The lowest BCUT2D eigenvalue weighted by atomic mass is 9.87. The summed E-state index contributed by atoms with van der Waals surface area (Å²) in [5.74, 6) is 0. The zero-order chi connectivity index (χ0) is 25.5. The second-order valence-electron chi connectivity index (χ2n) is 9.49. The number of nitrogens with zero attached hydrogens (tertiary/aromatic N) is 2. The number of aromatic nitrogens is 1. The van der Waals surface area contributed by atoms with E-state index in [4.69, 9.17) is 6.57 Å². The van der Waals surface area contributed by atoms with Crippen LogP contribution < -0.4 is 0 Å². The minimum atomic E-state index is 0.562. The third-order valence-electron chi connectivity index (χ3n) is 7.37. The number of benzene rings is 6. The highest BCUT2D eigenvalue weighted by Gasteiger charge is 2.15. The van der Waals surface area contributed by atoms with Gasteiger partial charge in [-0.3, -0.25) is 4.98 Å². The minimum absolute atomic E-state index is 0.562. The molecule has 0 amide bonds. The van der Waals surface area contributed by atoms with E-state index in [0.29, 0.717) is 5.69 Å². The molecule has 0 radical (unpaired) electrons. The second kappa shape index (κ2) is 9.00. The summed E-state index contributed by atoms with van der Waals surface area (Å²) in [4.78, 5) is 7.84. The van der Waals surface area contributed by atoms with Gasteiger partial charge in [0.2, 0.25) is 5.69 Å². The van der Waals surface area contributed by atoms with E-state index in [0.717, 1.165) is 16.7 Å². The zero-order valence-electron chi connectivity index (χ0n) is 20.6. The van der Waals surface area contributed by atoms with E-state index in [1.54, 1.807) is 12.4 Å². The molecule has 2 nitrogen and oxygen atoms in total. The van der Waals surface area contributed by atoms with Crippen LogP contribution in [-0.4, -0.2) is 4.98 Å². The number of pyridine rings is 1. The van der Waals surface area contributed by atoms with Gasteiger partial charge in [-0.05, 0) is 90.0 Å². The third-order valence-corrected chi connectivity index (χ3v) is 7.37. The van der Waals surface area contributed by atoms with Crippen molar-refractivity contribution in [3.8, 4) is 33.4 Å². The summed E-state index contributed by atoms with van der Waals surface area (Å²) in [5, 5.41) is 7.44. The lowest BCUT2D eigenvalue weighted by molar-refractivity contribution is 1.34. The van der Waals surface area contributed by atoms with Crippen LogP contribution in [0.5, 0.6) is 0 Å². The van der Waals surface area contributed by atoms with Crippen LogP contribution in [0, 0.1) is 6.57 Å². The van der Waals surface area contributed by atoms with E-state index in [9.17, 15) is 0 Å². The topological polar surface area (TPSA) is 17.2 Å². The Balaban J connectivity index is 1.55. The molecule has 38 heavy (non-hydrogen) atoms. The first-order valence-corrected chi connectivity index (χ1v) is 12.7. The molecule has 0 unspecified atom stereocenters. The fourth-order valence-corrected chi connectivity index (χ4v) is 5.62. The SMILES string of the molecule is [C-]#[N+]c1cnccc1-c1cccc(-c2cc3c4ccccc4c(-c4ccccc4)cc3c3ccccc23)c1. The first-order chi connectivity index (χ1) is 18.8. The monoisotopic (exact) mass is 482 g/mol. The summed E-state index contributed by atoms with van der Waals surface area (Å²) in [6.07, 6.45) is 3.38. The van der Waals surface area contributed by atoms with Crippen molar-refractivity contribution in [2.45, 2.75) is 0 Å². The Morgan fingerprint density at radius 1 is 0.447 bits per heavy atom. The predicted molar refractivity (Wildman–Crippen MR) is 159 cm³/mol. The Bertz CT molecular complexity index is 2030. The second-order valence-corrected chi connectivity index (χ2v) is 9.49. The van der Waals surface area contributed by atoms with Gasteiger partial charge in [0, 0.05) is 12.4 Å². The van der Waals surface area contributed by atoms with Gasteiger partial charge in [-0.25, -0.2) is 4.85 Å². The standard InChI is InChI=1S/C36H22N2/c1-37-36-23-38-19-18-27(36)25-12-9-13-26(20-25)33-22-35-30-16-7-5-14-28(30)32(24-10-3-2-4-11-24)21-34(35)31-17-8-6-15-29(31)33/h2-23H. The van der Waals surface area contributed by atoms with Gasteiger partial charge in [0.15, 0.2) is 0 Å². The summed E-state index contributed by atoms with van der Waals surface area (Å²) in [7, 11) is 0. The molecular weight excluding hydrogens is 460 g/mol. The lowest BCUT2D eigenvalue weighted by Crippen LogP contribution is -1.89. The van der Waals surface area contributed by atoms with Gasteiger partial charge in [-0.1, -0.05) is 97.1 Å². The van der Waals surface area contributed by atoms with Gasteiger partial charge >= 0.3 is 0 Å². The van der Waals surface area contributed by atoms with Crippen molar-refractivity contribution >= 4 is 38.0 Å². The van der Waals surface area contributed by atoms with Crippen LogP contribution in [0.4, 0.5) is 5.69 Å². The Hall–Kier alpha value is -5.26. The molecule has 7 aromatic rings. The normalized spacial score (nSPS) is 11.1. The summed E-state index contributed by atoms with van der Waals surface area (Å²) in [6.45, 7) is 7.59. The van der Waals surface area contributed by atoms with E-state index in [1.807, 2.05) is 6.07 Å². The van der Waals surface area contributed by atoms with Gasteiger partial charge in [-0.15, -0.1) is 0 Å². The van der Waals surface area contributed by atoms with Crippen LogP contribution in [0.15, 0.2) is 134 Å². The van der Waals surface area contributed by atoms with Gasteiger partial charge in [-0.2, -0.15) is 0 Å². The number of rotatable bonds is 3. The lowest BCUT2D eigenvalue weighted by Gasteiger charge is -2.16. The molecule has 176 valence electrons. The highest BCUT2D eigenvalue weighted by Crippen LogP contribution is 2.42. The molecule has 0 aliphatic carbocycles. The molecule has 1 heterocycles. The van der Waals surface area contributed by atoms with Gasteiger partial charge in [0.25, 0.3) is 0 Å². The molecule has 0 N–H and O–H groups in total. The smallest absolute Gasteiger partial charge is 0.212 e. The Labute approximate surface area is 221 Å². The van der Waals surface area contributed by atoms with Crippen LogP contribution in [0.1, 0.15) is 0 Å². The van der Waals surface area contributed by atoms with E-state index >= 15 is 0 Å². The van der Waals surface area contributed by atoms with Crippen LogP contribution in [-0.2, 0) is 0 Å². The molecule has 7 rings (SSSR count). The average Bonchev–Trinajstić information content (AvgIpc) is 3.00. The fourth-order valence-electron chi connectivity index (χ4n) is 5.62. The molecular formula is C36H22N2. The molecule has 0 fully saturated rings. The number of fused-ring (bicyclic) bond motifs is 5. The molecule has 2 heteroatoms. The maximum absolute atomic E-state index is 7.59. The quantitative estimate of drug-likeness (QED) is 0.181. The van der Waals surface area contributed by atoms with Gasteiger partial charge in [0.1, 0.15) is 0 Å². The number of hydrogen-bond donors (Lipinski definition) is 0. The number of hydrogen-bond acceptors (Lipinski definition) is 1. The van der Waals surface area contributed by atoms with Crippen LogP contribution >= 0.6 is 0 Å². The van der Waals surface area contributed by atoms with Crippen molar-refractivity contribution in [2.75, 3.05) is 0 Å². The highest BCUT2D eigenvalue weighted by atomic mass is 14.7. The minimum Gasteiger partial charge on any atom is -0.276 e. The molecule has 0 saturated heterocycles. The predicted octanol–water partition coefficient (Wildman–Crippen LogP) is 10.1. The van der Waals surface area contributed by atoms with Crippen LogP contribution in [0.25, 0.3) is 70.5 Å². The third kappa shape index (κ3) is 3.53. The first-order valence-electron chi connectivity index (χ1n) is 12.7. The van der Waals surface area contributed by atoms with E-state index in [2.05, 4.69) is 125 Å². The van der Waals surface area contributed by atoms with Crippen molar-refractivity contribution in [1.82, 2.24) is 4.98 Å². The average molecular weight is 483 g/mol. The first kappa shape index (κ1) is 22.0. The van der Waals surface area contributed by atoms with Gasteiger partial charge in [0.05, 0.1) is 6.57 Å². The Morgan fingerprint density at radius 3 is 1.61 bits per heavy atom. The van der Waals surface area contributed by atoms with Crippen molar-refractivity contribution < 1.29 is 0 Å². The summed E-state index contributed by atoms with van der Waals surface area (Å²) >= 11 is 0. The van der Waals surface area contributed by atoms with E-state index in [-0.39, 0.29) is 0 Å². The Morgan fingerprint density at radius 2 is 0.974 bits per heavy atom. The van der Waals surface area contributed by atoms with Crippen molar-refractivity contribution in [1.29, 1.82) is 0 Å². The molecule has 0 atom stereocenters. The van der Waals surface area contributed by atoms with Crippen molar-refractivity contribution in [3.63, 3.8) is 0 Å². The maximum atomic E-state index is 7.59. The van der Waals surface area contributed by atoms with Crippen molar-refractivity contribution in [3.05, 3.63) is 145 Å². The summed E-state index contributed by atoms with van der Waals surface area (Å²) < 4.78 is 0. The Kier molecular flexibility index (Phi) is 5.20. The maximum Gasteiger partial charge on any atom is 0.212 e. The van der Waals surface area contributed by atoms with Crippen LogP contribution in [0.2, 0.25) is 0 Å². The van der Waals surface area contributed by atoms with Crippen molar-refractivity contribution in [2.24, 2.45) is 0 Å². The highest BCUT2D eigenvalue weighted by molar-refractivity contribution is 6.23. The molecule has 0 spiro atoms. The van der Waals surface area contributed by atoms with E-state index < -0.39 is 0 Å². The molecule has 0 saturated carbocycles. The molecule has 0 aliphatic heterocycles. The molecule has 6 aromatic carbocycles. The summed E-state index contributed by atoms with van der Waals surface area (Å²) in [6, 6.07) is 43.1. The van der Waals surface area contributed by atoms with E-state index in [1.165, 1.54) is 49.0 Å². The summed E-state index contributed by atoms with van der Waals surface area (Å²) in [5.41, 5.74) is 7.27. The molecule has 1 aromatic heterocycles. The molecule has 0 bridgehead atoms. The van der Waals surface area contributed by atoms with Crippen LogP contribution in [0.3, 0.4) is 0 Å². The van der Waals surface area contributed by atoms with Gasteiger partial charge < -0.3 is 0 Å².